The Labute approximate surface area is 115 Å². The highest BCUT2D eigenvalue weighted by Crippen LogP contribution is 2.26. The van der Waals surface area contributed by atoms with Crippen molar-refractivity contribution in [1.82, 2.24) is 9.97 Å². The van der Waals surface area contributed by atoms with Gasteiger partial charge < -0.3 is 15.5 Å². The van der Waals surface area contributed by atoms with Crippen LogP contribution in [0.5, 0.6) is 5.75 Å². The van der Waals surface area contributed by atoms with Crippen LogP contribution in [-0.4, -0.2) is 22.9 Å². The number of ether oxygens (including phenoxy) is 1. The van der Waals surface area contributed by atoms with E-state index in [1.165, 1.54) is 7.11 Å². The summed E-state index contributed by atoms with van der Waals surface area (Å²) in [5.74, 6) is 0.342. The van der Waals surface area contributed by atoms with Crippen LogP contribution in [0.15, 0.2) is 42.7 Å². The summed E-state index contributed by atoms with van der Waals surface area (Å²) in [6, 6.07) is 8.65. The molecular formula is C15H13N3O2. The van der Waals surface area contributed by atoms with Gasteiger partial charge in [-0.05, 0) is 24.3 Å². The Morgan fingerprint density at radius 2 is 2.15 bits per heavy atom. The smallest absolute Gasteiger partial charge is 0.198 e. The van der Waals surface area contributed by atoms with E-state index in [-0.39, 0.29) is 5.78 Å². The lowest BCUT2D eigenvalue weighted by Crippen LogP contribution is -2.04. The molecule has 0 saturated heterocycles. The van der Waals surface area contributed by atoms with Gasteiger partial charge in [0.15, 0.2) is 5.78 Å². The number of carbonyl (C=O) groups excluding carboxylic acids is 1. The van der Waals surface area contributed by atoms with Gasteiger partial charge in [0.2, 0.25) is 0 Å². The zero-order valence-corrected chi connectivity index (χ0v) is 10.9. The van der Waals surface area contributed by atoms with Crippen LogP contribution < -0.4 is 10.5 Å². The number of hydrogen-bond acceptors (Lipinski definition) is 4. The fourth-order valence-electron chi connectivity index (χ4n) is 2.18. The number of H-pyrrole nitrogens is 1. The number of nitrogens with two attached hydrogens (primary N) is 1. The topological polar surface area (TPSA) is 81.0 Å². The highest BCUT2D eigenvalue weighted by molar-refractivity contribution is 6.17. The first-order valence-corrected chi connectivity index (χ1v) is 6.11. The number of ketones is 1. The fourth-order valence-corrected chi connectivity index (χ4v) is 2.18. The van der Waals surface area contributed by atoms with E-state index in [4.69, 9.17) is 10.5 Å². The molecule has 100 valence electrons. The molecule has 3 aromatic rings. The van der Waals surface area contributed by atoms with Gasteiger partial charge in [-0.15, -0.1) is 0 Å². The van der Waals surface area contributed by atoms with Gasteiger partial charge in [0.05, 0.1) is 12.7 Å². The predicted molar refractivity (Wildman–Crippen MR) is 76.9 cm³/mol. The van der Waals surface area contributed by atoms with Crippen molar-refractivity contribution in [2.75, 3.05) is 12.8 Å². The maximum atomic E-state index is 12.6. The zero-order chi connectivity index (χ0) is 14.1. The standard InChI is InChI=1S/C15H13N3O2/c1-20-13-7-9(16)4-5-11(13)14(19)12-8-18-15-10(12)3-2-6-17-15/h2-8H,16H2,1H3,(H,17,18). The molecule has 20 heavy (non-hydrogen) atoms. The number of anilines is 1. The second-order valence-corrected chi connectivity index (χ2v) is 4.39. The second kappa shape index (κ2) is 4.70. The minimum Gasteiger partial charge on any atom is -0.496 e. The van der Waals surface area contributed by atoms with Gasteiger partial charge in [-0.3, -0.25) is 4.79 Å². The first-order valence-electron chi connectivity index (χ1n) is 6.11. The normalized spacial score (nSPS) is 10.7. The summed E-state index contributed by atoms with van der Waals surface area (Å²) in [4.78, 5) is 19.8. The van der Waals surface area contributed by atoms with Crippen molar-refractivity contribution in [3.63, 3.8) is 0 Å². The highest BCUT2D eigenvalue weighted by Gasteiger charge is 2.18. The Morgan fingerprint density at radius 1 is 1.30 bits per heavy atom. The number of nitrogens with zero attached hydrogens (tertiary/aromatic N) is 1. The van der Waals surface area contributed by atoms with E-state index in [1.807, 2.05) is 6.07 Å². The third-order valence-electron chi connectivity index (χ3n) is 3.17. The molecule has 0 aliphatic rings. The Morgan fingerprint density at radius 3 is 2.95 bits per heavy atom. The molecule has 1 aromatic carbocycles. The summed E-state index contributed by atoms with van der Waals surface area (Å²) in [5.41, 5.74) is 7.99. The summed E-state index contributed by atoms with van der Waals surface area (Å²) in [7, 11) is 1.52. The van der Waals surface area contributed by atoms with Crippen molar-refractivity contribution >= 4 is 22.5 Å². The number of hydrogen-bond donors (Lipinski definition) is 2. The summed E-state index contributed by atoms with van der Waals surface area (Å²) < 4.78 is 5.23. The number of methoxy groups -OCH3 is 1. The van der Waals surface area contributed by atoms with Crippen LogP contribution in [0.25, 0.3) is 11.0 Å². The maximum Gasteiger partial charge on any atom is 0.198 e. The van der Waals surface area contributed by atoms with Crippen molar-refractivity contribution in [2.24, 2.45) is 0 Å². The highest BCUT2D eigenvalue weighted by atomic mass is 16.5. The van der Waals surface area contributed by atoms with Crippen LogP contribution >= 0.6 is 0 Å². The Kier molecular flexibility index (Phi) is 2.87. The van der Waals surface area contributed by atoms with Crippen LogP contribution in [0.2, 0.25) is 0 Å². The Bertz CT molecular complexity index is 793. The van der Waals surface area contributed by atoms with Crippen LogP contribution in [0.1, 0.15) is 15.9 Å². The molecule has 0 unspecified atom stereocenters. The van der Waals surface area contributed by atoms with E-state index >= 15 is 0 Å². The van der Waals surface area contributed by atoms with E-state index in [1.54, 1.807) is 36.7 Å². The van der Waals surface area contributed by atoms with Crippen molar-refractivity contribution in [2.45, 2.75) is 0 Å². The molecule has 0 aliphatic carbocycles. The molecule has 0 bridgehead atoms. The summed E-state index contributed by atoms with van der Waals surface area (Å²) in [6.07, 6.45) is 3.34. The quantitative estimate of drug-likeness (QED) is 0.564. The Balaban J connectivity index is 2.13. The molecule has 0 fully saturated rings. The van der Waals surface area contributed by atoms with E-state index in [9.17, 15) is 4.79 Å². The number of nitrogen functional groups attached to an aromatic ring is 1. The molecule has 0 saturated carbocycles. The first kappa shape index (κ1) is 12.2. The third-order valence-corrected chi connectivity index (χ3v) is 3.17. The monoisotopic (exact) mass is 267 g/mol. The number of rotatable bonds is 3. The minimum absolute atomic E-state index is 0.124. The zero-order valence-electron chi connectivity index (χ0n) is 10.9. The fraction of sp³-hybridized carbons (Fsp3) is 0.0667. The van der Waals surface area contributed by atoms with E-state index < -0.39 is 0 Å². The van der Waals surface area contributed by atoms with Gasteiger partial charge >= 0.3 is 0 Å². The number of nitrogens with one attached hydrogen (secondary N) is 1. The number of aromatic amines is 1. The van der Waals surface area contributed by atoms with E-state index in [0.29, 0.717) is 28.2 Å². The number of fused-ring (bicyclic) bond motifs is 1. The van der Waals surface area contributed by atoms with Gasteiger partial charge in [0.25, 0.3) is 0 Å². The largest absolute Gasteiger partial charge is 0.496 e. The SMILES string of the molecule is COc1cc(N)ccc1C(=O)c1c[nH]c2ncccc12. The number of carbonyl (C=O) groups is 1. The summed E-state index contributed by atoms with van der Waals surface area (Å²) in [6.45, 7) is 0. The average molecular weight is 267 g/mol. The van der Waals surface area contributed by atoms with Crippen molar-refractivity contribution < 1.29 is 9.53 Å². The molecule has 0 amide bonds. The first-order chi connectivity index (χ1) is 9.70. The molecule has 0 spiro atoms. The average Bonchev–Trinajstić information content (AvgIpc) is 2.90. The van der Waals surface area contributed by atoms with Gasteiger partial charge in [0.1, 0.15) is 11.4 Å². The molecule has 2 aromatic heterocycles. The molecule has 2 heterocycles. The van der Waals surface area contributed by atoms with E-state index in [0.717, 1.165) is 5.39 Å². The van der Waals surface area contributed by atoms with Crippen molar-refractivity contribution in [3.8, 4) is 5.75 Å². The maximum absolute atomic E-state index is 12.6. The van der Waals surface area contributed by atoms with Crippen LogP contribution in [0.4, 0.5) is 5.69 Å². The lowest BCUT2D eigenvalue weighted by atomic mass is 10.0. The molecule has 5 nitrogen and oxygen atoms in total. The van der Waals surface area contributed by atoms with Crippen LogP contribution in [0, 0.1) is 0 Å². The minimum atomic E-state index is -0.124. The lowest BCUT2D eigenvalue weighted by molar-refractivity contribution is 0.103. The summed E-state index contributed by atoms with van der Waals surface area (Å²) in [5, 5.41) is 0.788. The molecule has 5 heteroatoms. The molecule has 3 N–H and O–H groups in total. The number of aromatic nitrogens is 2. The van der Waals surface area contributed by atoms with Gasteiger partial charge in [0, 0.05) is 35.1 Å². The van der Waals surface area contributed by atoms with Gasteiger partial charge in [-0.2, -0.15) is 0 Å². The summed E-state index contributed by atoms with van der Waals surface area (Å²) >= 11 is 0. The molecule has 3 rings (SSSR count). The molecular weight excluding hydrogens is 254 g/mol. The van der Waals surface area contributed by atoms with Gasteiger partial charge in [-0.25, -0.2) is 4.98 Å². The lowest BCUT2D eigenvalue weighted by Gasteiger charge is -2.07. The van der Waals surface area contributed by atoms with Crippen molar-refractivity contribution in [3.05, 3.63) is 53.9 Å². The van der Waals surface area contributed by atoms with Gasteiger partial charge in [-0.1, -0.05) is 0 Å². The second-order valence-electron chi connectivity index (χ2n) is 4.39. The number of pyridine rings is 1. The van der Waals surface area contributed by atoms with Crippen molar-refractivity contribution in [1.29, 1.82) is 0 Å². The molecule has 0 radical (unpaired) electrons. The van der Waals surface area contributed by atoms with Crippen LogP contribution in [-0.2, 0) is 0 Å². The Hall–Kier alpha value is -2.82. The third kappa shape index (κ3) is 1.89. The predicted octanol–water partition coefficient (Wildman–Crippen LogP) is 2.38. The molecule has 0 aliphatic heterocycles. The number of benzene rings is 1. The molecule has 0 atom stereocenters. The van der Waals surface area contributed by atoms with E-state index in [2.05, 4.69) is 9.97 Å². The van der Waals surface area contributed by atoms with Crippen LogP contribution in [0.3, 0.4) is 0 Å².